The topological polar surface area (TPSA) is 201 Å². The van der Waals surface area contributed by atoms with E-state index in [2.05, 4.69) is 25.8 Å². The maximum atomic E-state index is 11.8. The number of methoxy groups -OCH3 is 2. The molecule has 43 heavy (non-hydrogen) atoms. The van der Waals surface area contributed by atoms with Crippen molar-refractivity contribution in [2.45, 2.75) is 11.8 Å². The summed E-state index contributed by atoms with van der Waals surface area (Å²) < 4.78 is 49.2. The van der Waals surface area contributed by atoms with Crippen molar-refractivity contribution in [3.63, 3.8) is 0 Å². The number of carbonyl (C=O) groups excluding carboxylic acids is 1. The number of ether oxygens (including phenoxy) is 3. The smallest absolute Gasteiger partial charge is 0.294 e. The number of phenols is 1. The Balaban J connectivity index is 1.68. The molecule has 0 atom stereocenters. The highest BCUT2D eigenvalue weighted by molar-refractivity contribution is 7.85. The fourth-order valence-corrected chi connectivity index (χ4v) is 4.48. The van der Waals surface area contributed by atoms with Crippen molar-refractivity contribution in [1.82, 2.24) is 0 Å². The average Bonchev–Trinajstić information content (AvgIpc) is 2.98. The number of aliphatic hydroxyl groups excluding tert-OH is 1. The molecule has 14 nitrogen and oxygen atoms in total. The first kappa shape index (κ1) is 30.8. The maximum Gasteiger partial charge on any atom is 0.294 e. The van der Waals surface area contributed by atoms with Gasteiger partial charge in [0, 0.05) is 24.4 Å². The van der Waals surface area contributed by atoms with Gasteiger partial charge in [0.05, 0.1) is 37.1 Å². The molecular weight excluding hydrogens is 582 g/mol. The summed E-state index contributed by atoms with van der Waals surface area (Å²) in [5, 5.41) is 39.4. The Bertz CT molecular complexity index is 1830. The molecule has 0 aromatic heterocycles. The number of benzene rings is 4. The molecule has 0 aliphatic rings. The van der Waals surface area contributed by atoms with Crippen molar-refractivity contribution in [2.75, 3.05) is 32.8 Å². The minimum Gasteiger partial charge on any atom is -0.505 e. The predicted octanol–water partition coefficient (Wildman–Crippen LogP) is 5.97. The Morgan fingerprint density at radius 3 is 2.02 bits per heavy atom. The third kappa shape index (κ3) is 7.40. The Morgan fingerprint density at radius 2 is 1.47 bits per heavy atom. The standard InChI is InChI=1S/C28H27N5O9S/c1-16(35)29-24-13-20(43(37,38)39)12-17-4-9-21(28(36)27(17)24)31-33-23-15-25(40-2)22(14-26(23)41-3)32-30-18-5-7-19(8-6-18)42-11-10-34/h4-9,12-15,34,36H,10-11H2,1-3H3,(H,29,35)(H,37,38,39). The second-order valence-corrected chi connectivity index (χ2v) is 10.2. The summed E-state index contributed by atoms with van der Waals surface area (Å²) in [6.45, 7) is 1.29. The van der Waals surface area contributed by atoms with Crippen molar-refractivity contribution in [2.24, 2.45) is 20.5 Å². The van der Waals surface area contributed by atoms with Crippen LogP contribution in [0, 0.1) is 0 Å². The van der Waals surface area contributed by atoms with Crippen LogP contribution in [0.25, 0.3) is 10.8 Å². The molecule has 224 valence electrons. The Hall–Kier alpha value is -5.12. The number of aliphatic hydroxyl groups is 1. The third-order valence-electron chi connectivity index (χ3n) is 5.87. The van der Waals surface area contributed by atoms with Gasteiger partial charge >= 0.3 is 0 Å². The monoisotopic (exact) mass is 609 g/mol. The summed E-state index contributed by atoms with van der Waals surface area (Å²) in [7, 11) is -1.73. The fraction of sp³-hybridized carbons (Fsp3) is 0.179. The van der Waals surface area contributed by atoms with Gasteiger partial charge < -0.3 is 29.7 Å². The number of azo groups is 2. The van der Waals surface area contributed by atoms with Crippen molar-refractivity contribution < 1.29 is 42.2 Å². The molecule has 4 aromatic rings. The molecule has 0 unspecified atom stereocenters. The van der Waals surface area contributed by atoms with Gasteiger partial charge in [-0.1, -0.05) is 6.07 Å². The quantitative estimate of drug-likeness (QED) is 0.117. The second-order valence-electron chi connectivity index (χ2n) is 8.82. The van der Waals surface area contributed by atoms with Gasteiger partial charge in [-0.2, -0.15) is 13.5 Å². The number of rotatable bonds is 11. The number of nitrogens with zero attached hydrogens (tertiary/aromatic N) is 4. The van der Waals surface area contributed by atoms with Crippen LogP contribution in [0.15, 0.2) is 86.0 Å². The molecule has 0 fully saturated rings. The summed E-state index contributed by atoms with van der Waals surface area (Å²) in [5.41, 5.74) is 1.05. The van der Waals surface area contributed by atoms with E-state index < -0.39 is 26.7 Å². The Morgan fingerprint density at radius 1 is 0.860 bits per heavy atom. The molecule has 0 aliphatic heterocycles. The van der Waals surface area contributed by atoms with E-state index in [4.69, 9.17) is 19.3 Å². The molecular formula is C28H27N5O9S. The minimum atomic E-state index is -4.59. The number of fused-ring (bicyclic) bond motifs is 1. The van der Waals surface area contributed by atoms with Crippen LogP contribution < -0.4 is 19.5 Å². The molecule has 15 heteroatoms. The molecule has 0 saturated carbocycles. The van der Waals surface area contributed by atoms with Gasteiger partial charge in [-0.25, -0.2) is 0 Å². The normalized spacial score (nSPS) is 11.7. The number of amides is 1. The van der Waals surface area contributed by atoms with E-state index in [1.165, 1.54) is 39.3 Å². The molecule has 4 rings (SSSR count). The first-order valence-corrected chi connectivity index (χ1v) is 14.0. The number of phenolic OH excluding ortho intramolecular Hbond substituents is 1. The van der Waals surface area contributed by atoms with Crippen LogP contribution in [0.3, 0.4) is 0 Å². The van der Waals surface area contributed by atoms with E-state index in [-0.39, 0.29) is 46.8 Å². The fourth-order valence-electron chi connectivity index (χ4n) is 3.94. The summed E-state index contributed by atoms with van der Waals surface area (Å²) in [6.07, 6.45) is 0. The molecule has 0 heterocycles. The van der Waals surface area contributed by atoms with Crippen LogP contribution in [-0.4, -0.2) is 56.5 Å². The summed E-state index contributed by atoms with van der Waals surface area (Å²) in [5.74, 6) is 0.223. The van der Waals surface area contributed by atoms with E-state index in [1.54, 1.807) is 30.3 Å². The van der Waals surface area contributed by atoms with E-state index in [0.29, 0.717) is 22.9 Å². The van der Waals surface area contributed by atoms with Gasteiger partial charge in [0.1, 0.15) is 40.9 Å². The van der Waals surface area contributed by atoms with Crippen LogP contribution in [-0.2, 0) is 14.9 Å². The first-order chi connectivity index (χ1) is 20.5. The summed E-state index contributed by atoms with van der Waals surface area (Å²) in [6, 6.07) is 14.9. The molecule has 4 aromatic carbocycles. The van der Waals surface area contributed by atoms with Gasteiger partial charge in [-0.05, 0) is 47.9 Å². The van der Waals surface area contributed by atoms with Crippen molar-refractivity contribution in [3.05, 3.63) is 60.7 Å². The number of anilines is 1. The molecule has 4 N–H and O–H groups in total. The highest BCUT2D eigenvalue weighted by Crippen LogP contribution is 2.44. The van der Waals surface area contributed by atoms with Crippen molar-refractivity contribution in [1.29, 1.82) is 0 Å². The van der Waals surface area contributed by atoms with Crippen LogP contribution in [0.1, 0.15) is 6.92 Å². The molecule has 0 aliphatic carbocycles. The first-order valence-electron chi connectivity index (χ1n) is 12.5. The van der Waals surface area contributed by atoms with Crippen LogP contribution in [0.5, 0.6) is 23.0 Å². The zero-order valence-electron chi connectivity index (χ0n) is 23.2. The number of hydrogen-bond acceptors (Lipinski definition) is 12. The molecule has 1 amide bonds. The number of aromatic hydroxyl groups is 1. The molecule has 0 saturated heterocycles. The molecule has 0 bridgehead atoms. The second kappa shape index (κ2) is 13.2. The minimum absolute atomic E-state index is 0.00472. The van der Waals surface area contributed by atoms with Crippen molar-refractivity contribution in [3.8, 4) is 23.0 Å². The summed E-state index contributed by atoms with van der Waals surface area (Å²) in [4.78, 5) is 11.3. The zero-order valence-corrected chi connectivity index (χ0v) is 24.0. The van der Waals surface area contributed by atoms with E-state index >= 15 is 0 Å². The number of carbonyl (C=O) groups is 1. The van der Waals surface area contributed by atoms with E-state index in [0.717, 1.165) is 12.1 Å². The van der Waals surface area contributed by atoms with Gasteiger partial charge in [-0.15, -0.1) is 15.3 Å². The van der Waals surface area contributed by atoms with Crippen molar-refractivity contribution >= 4 is 55.2 Å². The Kier molecular flexibility index (Phi) is 9.49. The van der Waals surface area contributed by atoms with E-state index in [1.807, 2.05) is 0 Å². The van der Waals surface area contributed by atoms with Gasteiger partial charge in [0.15, 0.2) is 5.75 Å². The molecule has 0 spiro atoms. The number of nitrogens with one attached hydrogen (secondary N) is 1. The van der Waals surface area contributed by atoms with E-state index in [9.17, 15) is 22.9 Å². The lowest BCUT2D eigenvalue weighted by Crippen LogP contribution is -2.08. The Labute approximate surface area is 246 Å². The van der Waals surface area contributed by atoms with Crippen LogP contribution in [0.2, 0.25) is 0 Å². The lowest BCUT2D eigenvalue weighted by molar-refractivity contribution is -0.114. The third-order valence-corrected chi connectivity index (χ3v) is 6.70. The average molecular weight is 610 g/mol. The van der Waals surface area contributed by atoms with Crippen LogP contribution in [0.4, 0.5) is 28.4 Å². The van der Waals surface area contributed by atoms with Gasteiger partial charge in [0.25, 0.3) is 10.1 Å². The molecule has 0 radical (unpaired) electrons. The predicted molar refractivity (Wildman–Crippen MR) is 157 cm³/mol. The van der Waals surface area contributed by atoms with Gasteiger partial charge in [-0.3, -0.25) is 9.35 Å². The highest BCUT2D eigenvalue weighted by Gasteiger charge is 2.19. The SMILES string of the molecule is COc1cc(N=Nc2ccc3cc(S(=O)(=O)O)cc(NC(C)=O)c3c2O)c(OC)cc1N=Nc1ccc(OCCO)cc1. The van der Waals surface area contributed by atoms with Gasteiger partial charge in [0.2, 0.25) is 5.91 Å². The lowest BCUT2D eigenvalue weighted by Gasteiger charge is -2.12. The largest absolute Gasteiger partial charge is 0.505 e. The number of hydrogen-bond donors (Lipinski definition) is 4. The lowest BCUT2D eigenvalue weighted by atomic mass is 10.1. The summed E-state index contributed by atoms with van der Waals surface area (Å²) >= 11 is 0. The van der Waals surface area contributed by atoms with Crippen LogP contribution >= 0.6 is 0 Å². The maximum absolute atomic E-state index is 11.8. The zero-order chi connectivity index (χ0) is 31.1. The highest BCUT2D eigenvalue weighted by atomic mass is 32.2.